The van der Waals surface area contributed by atoms with Crippen LogP contribution < -0.4 is 5.32 Å². The number of halogens is 1. The van der Waals surface area contributed by atoms with E-state index in [1.54, 1.807) is 23.2 Å². The van der Waals surface area contributed by atoms with Gasteiger partial charge >= 0.3 is 0 Å². The molecule has 0 bridgehead atoms. The van der Waals surface area contributed by atoms with E-state index in [0.29, 0.717) is 31.7 Å². The van der Waals surface area contributed by atoms with Crippen molar-refractivity contribution in [3.63, 3.8) is 0 Å². The van der Waals surface area contributed by atoms with Crippen molar-refractivity contribution in [2.75, 3.05) is 19.6 Å². The van der Waals surface area contributed by atoms with Crippen LogP contribution in [0.2, 0.25) is 0 Å². The van der Waals surface area contributed by atoms with Crippen LogP contribution in [-0.4, -0.2) is 41.3 Å². The van der Waals surface area contributed by atoms with E-state index in [1.807, 2.05) is 0 Å². The number of nitrogens with one attached hydrogen (secondary N) is 1. The summed E-state index contributed by atoms with van der Waals surface area (Å²) < 4.78 is 0.835. The standard InChI is InChI=1S/C11H12BrN3O2/c12-8-1-2-9(14-7-8)11(17)15-5-3-10(16)13-4-6-15/h1-2,7H,3-6H2,(H,13,16). The van der Waals surface area contributed by atoms with Gasteiger partial charge in [0.15, 0.2) is 0 Å². The lowest BCUT2D eigenvalue weighted by molar-refractivity contribution is -0.120. The summed E-state index contributed by atoms with van der Waals surface area (Å²) >= 11 is 3.27. The van der Waals surface area contributed by atoms with E-state index in [0.717, 1.165) is 4.47 Å². The van der Waals surface area contributed by atoms with Crippen molar-refractivity contribution in [2.45, 2.75) is 6.42 Å². The molecule has 0 aliphatic carbocycles. The molecule has 1 aromatic rings. The highest BCUT2D eigenvalue weighted by molar-refractivity contribution is 9.10. The van der Waals surface area contributed by atoms with Crippen LogP contribution in [0.25, 0.3) is 0 Å². The maximum Gasteiger partial charge on any atom is 0.272 e. The van der Waals surface area contributed by atoms with Gasteiger partial charge in [-0.05, 0) is 28.1 Å². The Labute approximate surface area is 107 Å². The zero-order valence-corrected chi connectivity index (χ0v) is 10.7. The second-order valence-electron chi connectivity index (χ2n) is 3.75. The SMILES string of the molecule is O=C1CCN(C(=O)c2ccc(Br)cn2)CCN1. The molecule has 5 nitrogen and oxygen atoms in total. The predicted molar refractivity (Wildman–Crippen MR) is 65.5 cm³/mol. The molecule has 6 heteroatoms. The molecule has 1 aliphatic heterocycles. The minimum absolute atomic E-state index is 0.0101. The van der Waals surface area contributed by atoms with Crippen molar-refractivity contribution in [1.29, 1.82) is 0 Å². The van der Waals surface area contributed by atoms with E-state index in [-0.39, 0.29) is 11.8 Å². The summed E-state index contributed by atoms with van der Waals surface area (Å²) in [6, 6.07) is 3.45. The zero-order chi connectivity index (χ0) is 12.3. The van der Waals surface area contributed by atoms with E-state index in [2.05, 4.69) is 26.2 Å². The molecular weight excluding hydrogens is 286 g/mol. The Morgan fingerprint density at radius 1 is 1.41 bits per heavy atom. The Kier molecular flexibility index (Phi) is 3.73. The number of amides is 2. The van der Waals surface area contributed by atoms with Crippen molar-refractivity contribution in [2.24, 2.45) is 0 Å². The Morgan fingerprint density at radius 2 is 2.24 bits per heavy atom. The number of nitrogens with zero attached hydrogens (tertiary/aromatic N) is 2. The summed E-state index contributed by atoms with van der Waals surface area (Å²) in [5.41, 5.74) is 0.405. The summed E-state index contributed by atoms with van der Waals surface area (Å²) in [4.78, 5) is 28.9. The Hall–Kier alpha value is -1.43. The summed E-state index contributed by atoms with van der Waals surface area (Å²) in [5, 5.41) is 2.73. The maximum absolute atomic E-state index is 12.1. The number of pyridine rings is 1. The van der Waals surface area contributed by atoms with Crippen LogP contribution in [0, 0.1) is 0 Å². The van der Waals surface area contributed by atoms with Crippen LogP contribution in [0.4, 0.5) is 0 Å². The lowest BCUT2D eigenvalue weighted by Crippen LogP contribution is -2.34. The quantitative estimate of drug-likeness (QED) is 0.834. The molecule has 1 fully saturated rings. The van der Waals surface area contributed by atoms with E-state index in [4.69, 9.17) is 0 Å². The highest BCUT2D eigenvalue weighted by Gasteiger charge is 2.20. The van der Waals surface area contributed by atoms with Crippen molar-refractivity contribution in [3.8, 4) is 0 Å². The third kappa shape index (κ3) is 3.03. The van der Waals surface area contributed by atoms with Gasteiger partial charge in [0, 0.05) is 36.7 Å². The first-order valence-electron chi connectivity index (χ1n) is 5.34. The molecule has 0 saturated carbocycles. The number of carbonyl (C=O) groups is 2. The van der Waals surface area contributed by atoms with E-state index >= 15 is 0 Å². The van der Waals surface area contributed by atoms with E-state index in [9.17, 15) is 9.59 Å². The molecule has 1 aliphatic rings. The molecule has 1 aromatic heterocycles. The molecule has 2 heterocycles. The van der Waals surface area contributed by atoms with Crippen molar-refractivity contribution >= 4 is 27.7 Å². The predicted octanol–water partition coefficient (Wildman–Crippen LogP) is 0.806. The van der Waals surface area contributed by atoms with Gasteiger partial charge in [-0.3, -0.25) is 9.59 Å². The summed E-state index contributed by atoms with van der Waals surface area (Å²) in [6.45, 7) is 1.48. The first-order valence-corrected chi connectivity index (χ1v) is 6.13. The molecular formula is C11H12BrN3O2. The fourth-order valence-electron chi connectivity index (χ4n) is 1.63. The van der Waals surface area contributed by atoms with Gasteiger partial charge in [-0.25, -0.2) is 4.98 Å². The minimum Gasteiger partial charge on any atom is -0.354 e. The average Bonchev–Trinajstić information content (AvgIpc) is 2.54. The van der Waals surface area contributed by atoms with Crippen molar-refractivity contribution in [1.82, 2.24) is 15.2 Å². The Bertz CT molecular complexity index is 433. The van der Waals surface area contributed by atoms with Gasteiger partial charge in [0.2, 0.25) is 5.91 Å². The molecule has 0 atom stereocenters. The molecule has 2 amide bonds. The fourth-order valence-corrected chi connectivity index (χ4v) is 1.87. The smallest absolute Gasteiger partial charge is 0.272 e. The minimum atomic E-state index is -0.131. The number of aromatic nitrogens is 1. The van der Waals surface area contributed by atoms with Crippen LogP contribution in [0.1, 0.15) is 16.9 Å². The third-order valence-electron chi connectivity index (χ3n) is 2.55. The highest BCUT2D eigenvalue weighted by atomic mass is 79.9. The van der Waals surface area contributed by atoms with Crippen LogP contribution in [0.15, 0.2) is 22.8 Å². The molecule has 2 rings (SSSR count). The largest absolute Gasteiger partial charge is 0.354 e. The first-order chi connectivity index (χ1) is 8.16. The summed E-state index contributed by atoms with van der Waals surface area (Å²) in [7, 11) is 0. The van der Waals surface area contributed by atoms with E-state index in [1.165, 1.54) is 0 Å². The molecule has 0 radical (unpaired) electrons. The first kappa shape index (κ1) is 12.0. The fraction of sp³-hybridized carbons (Fsp3) is 0.364. The molecule has 90 valence electrons. The van der Waals surface area contributed by atoms with Crippen LogP contribution >= 0.6 is 15.9 Å². The molecule has 0 spiro atoms. The number of rotatable bonds is 1. The van der Waals surface area contributed by atoms with Gasteiger partial charge in [0.1, 0.15) is 5.69 Å². The Balaban J connectivity index is 2.08. The van der Waals surface area contributed by atoms with Gasteiger partial charge in [0.05, 0.1) is 0 Å². The monoisotopic (exact) mass is 297 g/mol. The highest BCUT2D eigenvalue weighted by Crippen LogP contribution is 2.10. The summed E-state index contributed by atoms with van der Waals surface area (Å²) in [5.74, 6) is -0.141. The molecule has 0 unspecified atom stereocenters. The second-order valence-corrected chi connectivity index (χ2v) is 4.67. The molecule has 1 N–H and O–H groups in total. The normalized spacial score (nSPS) is 16.3. The summed E-state index contributed by atoms with van der Waals surface area (Å²) in [6.07, 6.45) is 1.94. The Morgan fingerprint density at radius 3 is 2.94 bits per heavy atom. The van der Waals surface area contributed by atoms with Gasteiger partial charge < -0.3 is 10.2 Å². The maximum atomic E-state index is 12.1. The van der Waals surface area contributed by atoms with Gasteiger partial charge in [-0.2, -0.15) is 0 Å². The lowest BCUT2D eigenvalue weighted by atomic mass is 10.3. The second kappa shape index (κ2) is 5.27. The number of hydrogen-bond acceptors (Lipinski definition) is 3. The van der Waals surface area contributed by atoms with Crippen molar-refractivity contribution < 1.29 is 9.59 Å². The molecule has 0 aromatic carbocycles. The van der Waals surface area contributed by atoms with Gasteiger partial charge in [0.25, 0.3) is 5.91 Å². The topological polar surface area (TPSA) is 62.3 Å². The van der Waals surface area contributed by atoms with Crippen LogP contribution in [0.3, 0.4) is 0 Å². The zero-order valence-electron chi connectivity index (χ0n) is 9.15. The van der Waals surface area contributed by atoms with Gasteiger partial charge in [-0.15, -0.1) is 0 Å². The van der Waals surface area contributed by atoms with Crippen molar-refractivity contribution in [3.05, 3.63) is 28.5 Å². The third-order valence-corrected chi connectivity index (χ3v) is 3.02. The van der Waals surface area contributed by atoms with Gasteiger partial charge in [-0.1, -0.05) is 0 Å². The molecule has 1 saturated heterocycles. The molecule has 17 heavy (non-hydrogen) atoms. The number of hydrogen-bond donors (Lipinski definition) is 1. The van der Waals surface area contributed by atoms with E-state index < -0.39 is 0 Å². The average molecular weight is 298 g/mol. The lowest BCUT2D eigenvalue weighted by Gasteiger charge is -2.18. The van der Waals surface area contributed by atoms with Crippen LogP contribution in [-0.2, 0) is 4.79 Å². The number of carbonyl (C=O) groups excluding carboxylic acids is 2. The van der Waals surface area contributed by atoms with Crippen LogP contribution in [0.5, 0.6) is 0 Å².